The van der Waals surface area contributed by atoms with Gasteiger partial charge in [0, 0.05) is 33.4 Å². The number of β-amino-alcohol motifs (C(OH)–C–C–N with tert-alkyl or cyclic N) is 1. The van der Waals surface area contributed by atoms with Crippen molar-refractivity contribution in [3.05, 3.63) is 18.3 Å². The number of piperidine rings is 1. The summed E-state index contributed by atoms with van der Waals surface area (Å²) in [4.78, 5) is 11.5. The van der Waals surface area contributed by atoms with Gasteiger partial charge in [0.1, 0.15) is 5.03 Å². The molecule has 0 spiro atoms. The Kier molecular flexibility index (Phi) is 4.40. The lowest BCUT2D eigenvalue weighted by Gasteiger charge is -2.38. The first kappa shape index (κ1) is 16.0. The molecule has 0 bridgehead atoms. The Balaban J connectivity index is 2.21. The SMILES string of the molecule is CNC(=O)CC1(O)CCCN(S(=O)(=O)c2cccn2C)C1. The molecule has 0 aliphatic carbocycles. The number of hydrogen-bond acceptors (Lipinski definition) is 4. The Bertz CT molecular complexity index is 625. The molecule has 1 aliphatic heterocycles. The summed E-state index contributed by atoms with van der Waals surface area (Å²) in [6, 6.07) is 3.19. The Morgan fingerprint density at radius 1 is 1.52 bits per heavy atom. The highest BCUT2D eigenvalue weighted by atomic mass is 32.2. The van der Waals surface area contributed by atoms with E-state index in [0.29, 0.717) is 19.4 Å². The third kappa shape index (κ3) is 3.28. The Hall–Kier alpha value is -1.38. The molecule has 1 fully saturated rings. The lowest BCUT2D eigenvalue weighted by atomic mass is 9.90. The molecule has 1 aromatic heterocycles. The summed E-state index contributed by atoms with van der Waals surface area (Å²) in [5.74, 6) is -0.296. The number of aromatic nitrogens is 1. The van der Waals surface area contributed by atoms with Crippen LogP contribution in [0, 0.1) is 0 Å². The van der Waals surface area contributed by atoms with Crippen molar-refractivity contribution in [1.82, 2.24) is 14.2 Å². The molecular weight excluding hydrogens is 294 g/mol. The second kappa shape index (κ2) is 5.78. The second-order valence-corrected chi connectivity index (χ2v) is 7.36. The van der Waals surface area contributed by atoms with Crippen molar-refractivity contribution < 1.29 is 18.3 Å². The minimum absolute atomic E-state index is 0.0616. The van der Waals surface area contributed by atoms with Crippen molar-refractivity contribution in [2.45, 2.75) is 29.9 Å². The molecule has 1 amide bonds. The molecule has 1 unspecified atom stereocenters. The number of carbonyl (C=O) groups is 1. The van der Waals surface area contributed by atoms with Gasteiger partial charge in [-0.25, -0.2) is 8.42 Å². The summed E-state index contributed by atoms with van der Waals surface area (Å²) >= 11 is 0. The lowest BCUT2D eigenvalue weighted by Crippen LogP contribution is -2.52. The van der Waals surface area contributed by atoms with E-state index in [1.807, 2.05) is 0 Å². The molecule has 2 rings (SSSR count). The number of aliphatic hydroxyl groups is 1. The predicted molar refractivity (Wildman–Crippen MR) is 77.0 cm³/mol. The van der Waals surface area contributed by atoms with Crippen LogP contribution in [0.25, 0.3) is 0 Å². The minimum Gasteiger partial charge on any atom is -0.388 e. The zero-order valence-corrected chi connectivity index (χ0v) is 13.1. The molecule has 7 nitrogen and oxygen atoms in total. The van der Waals surface area contributed by atoms with Gasteiger partial charge in [0.15, 0.2) is 0 Å². The van der Waals surface area contributed by atoms with Gasteiger partial charge in [-0.05, 0) is 25.0 Å². The van der Waals surface area contributed by atoms with Crippen LogP contribution in [0.3, 0.4) is 0 Å². The standard InChI is InChI=1S/C13H21N3O4S/c1-14-11(17)9-13(18)6-4-8-16(10-13)21(19,20)12-5-3-7-15(12)2/h3,5,7,18H,4,6,8-10H2,1-2H3,(H,14,17). The van der Waals surface area contributed by atoms with E-state index in [-0.39, 0.29) is 23.9 Å². The molecule has 0 aromatic carbocycles. The minimum atomic E-state index is -3.66. The Labute approximate surface area is 124 Å². The van der Waals surface area contributed by atoms with Gasteiger partial charge in [-0.15, -0.1) is 0 Å². The quantitative estimate of drug-likeness (QED) is 0.796. The number of aryl methyl sites for hydroxylation is 1. The summed E-state index contributed by atoms with van der Waals surface area (Å²) < 4.78 is 28.0. The number of rotatable bonds is 4. The van der Waals surface area contributed by atoms with Crippen LogP contribution in [0.15, 0.2) is 23.4 Å². The maximum atomic E-state index is 12.6. The summed E-state index contributed by atoms with van der Waals surface area (Å²) in [7, 11) is -0.505. The third-order valence-electron chi connectivity index (χ3n) is 3.79. The van der Waals surface area contributed by atoms with Crippen molar-refractivity contribution in [1.29, 1.82) is 0 Å². The zero-order chi connectivity index (χ0) is 15.7. The van der Waals surface area contributed by atoms with Gasteiger partial charge in [-0.3, -0.25) is 4.79 Å². The van der Waals surface area contributed by atoms with Gasteiger partial charge < -0.3 is 15.0 Å². The van der Waals surface area contributed by atoms with Gasteiger partial charge >= 0.3 is 0 Å². The smallest absolute Gasteiger partial charge is 0.258 e. The van der Waals surface area contributed by atoms with Gasteiger partial charge in [0.25, 0.3) is 10.0 Å². The average Bonchev–Trinajstić information content (AvgIpc) is 2.85. The van der Waals surface area contributed by atoms with Gasteiger partial charge in [0.05, 0.1) is 12.0 Å². The van der Waals surface area contributed by atoms with Gasteiger partial charge in [0.2, 0.25) is 5.91 Å². The normalized spacial score (nSPS) is 24.0. The molecule has 0 radical (unpaired) electrons. The molecule has 2 N–H and O–H groups in total. The molecule has 1 aromatic rings. The van der Waals surface area contributed by atoms with Crippen LogP contribution in [0.1, 0.15) is 19.3 Å². The zero-order valence-electron chi connectivity index (χ0n) is 12.2. The van der Waals surface area contributed by atoms with Crippen molar-refractivity contribution >= 4 is 15.9 Å². The van der Waals surface area contributed by atoms with Crippen molar-refractivity contribution in [2.24, 2.45) is 7.05 Å². The maximum absolute atomic E-state index is 12.6. The summed E-state index contributed by atoms with van der Waals surface area (Å²) in [6.07, 6.45) is 2.51. The molecule has 1 atom stereocenters. The molecule has 1 saturated heterocycles. The van der Waals surface area contributed by atoms with E-state index in [4.69, 9.17) is 0 Å². The van der Waals surface area contributed by atoms with Crippen LogP contribution < -0.4 is 5.32 Å². The van der Waals surface area contributed by atoms with Gasteiger partial charge in [-0.2, -0.15) is 4.31 Å². The van der Waals surface area contributed by atoms with Gasteiger partial charge in [-0.1, -0.05) is 0 Å². The van der Waals surface area contributed by atoms with Crippen molar-refractivity contribution in [3.8, 4) is 0 Å². The monoisotopic (exact) mass is 315 g/mol. The fourth-order valence-corrected chi connectivity index (χ4v) is 4.37. The molecule has 0 saturated carbocycles. The first-order valence-electron chi connectivity index (χ1n) is 6.83. The average molecular weight is 315 g/mol. The van der Waals surface area contributed by atoms with Crippen LogP contribution in [0.2, 0.25) is 0 Å². The first-order valence-corrected chi connectivity index (χ1v) is 8.27. The molecule has 2 heterocycles. The predicted octanol–water partition coefficient (Wildman–Crippen LogP) is -0.323. The number of carbonyl (C=O) groups excluding carboxylic acids is 1. The van der Waals surface area contributed by atoms with E-state index in [1.165, 1.54) is 22.0 Å². The van der Waals surface area contributed by atoms with Crippen molar-refractivity contribution in [3.63, 3.8) is 0 Å². The molecule has 21 heavy (non-hydrogen) atoms. The van der Waals surface area contributed by atoms with Crippen molar-refractivity contribution in [2.75, 3.05) is 20.1 Å². The van der Waals surface area contributed by atoms with Crippen LogP contribution in [-0.4, -0.2) is 54.0 Å². The van der Waals surface area contributed by atoms with Crippen LogP contribution in [-0.2, 0) is 21.9 Å². The molecule has 1 aliphatic rings. The highest BCUT2D eigenvalue weighted by molar-refractivity contribution is 7.89. The molecular formula is C13H21N3O4S. The summed E-state index contributed by atoms with van der Waals surface area (Å²) in [5.41, 5.74) is -1.31. The fraction of sp³-hybridized carbons (Fsp3) is 0.615. The maximum Gasteiger partial charge on any atom is 0.258 e. The number of nitrogens with one attached hydrogen (secondary N) is 1. The van der Waals surface area contributed by atoms with E-state index < -0.39 is 15.6 Å². The number of sulfonamides is 1. The number of nitrogens with zero attached hydrogens (tertiary/aromatic N) is 2. The molecule has 118 valence electrons. The third-order valence-corrected chi connectivity index (χ3v) is 5.73. The van der Waals surface area contributed by atoms with E-state index in [9.17, 15) is 18.3 Å². The highest BCUT2D eigenvalue weighted by Crippen LogP contribution is 2.28. The largest absolute Gasteiger partial charge is 0.388 e. The second-order valence-electron chi connectivity index (χ2n) is 5.47. The summed E-state index contributed by atoms with van der Waals surface area (Å²) in [6.45, 7) is 0.289. The Morgan fingerprint density at radius 2 is 2.24 bits per heavy atom. The first-order chi connectivity index (χ1) is 9.78. The van der Waals surface area contributed by atoms with Crippen LogP contribution in [0.5, 0.6) is 0 Å². The van der Waals surface area contributed by atoms with E-state index in [2.05, 4.69) is 5.32 Å². The topological polar surface area (TPSA) is 91.6 Å². The molecule has 8 heteroatoms. The van der Waals surface area contributed by atoms with E-state index in [1.54, 1.807) is 19.3 Å². The number of hydrogen-bond donors (Lipinski definition) is 2. The highest BCUT2D eigenvalue weighted by Gasteiger charge is 2.40. The lowest BCUT2D eigenvalue weighted by molar-refractivity contribution is -0.127. The van der Waals surface area contributed by atoms with E-state index >= 15 is 0 Å². The van der Waals surface area contributed by atoms with Crippen LogP contribution >= 0.6 is 0 Å². The van der Waals surface area contributed by atoms with Crippen LogP contribution in [0.4, 0.5) is 0 Å². The summed E-state index contributed by atoms with van der Waals surface area (Å²) in [5, 5.41) is 13.1. The fourth-order valence-electron chi connectivity index (χ4n) is 2.65. The van der Waals surface area contributed by atoms with E-state index in [0.717, 1.165) is 0 Å². The Morgan fingerprint density at radius 3 is 2.81 bits per heavy atom. The number of amides is 1.